The molecule has 24 nitrogen and oxygen atoms in total. The predicted molar refractivity (Wildman–Crippen MR) is 207 cm³/mol. The Morgan fingerprint density at radius 3 is 2.08 bits per heavy atom. The molecule has 0 spiro atoms. The third-order valence-corrected chi connectivity index (χ3v) is 12.6. The number of azo groups is 1. The molecule has 0 aliphatic rings. The van der Waals surface area contributed by atoms with Crippen LogP contribution in [0.4, 0.5) is 40.3 Å². The van der Waals surface area contributed by atoms with Gasteiger partial charge in [-0.25, -0.2) is 12.6 Å². The van der Waals surface area contributed by atoms with Crippen molar-refractivity contribution in [1.82, 2.24) is 15.0 Å². The van der Waals surface area contributed by atoms with Crippen molar-refractivity contribution in [3.05, 3.63) is 65.9 Å². The lowest BCUT2D eigenvalue weighted by molar-refractivity contribution is 0.284. The molecule has 0 atom stereocenters. The van der Waals surface area contributed by atoms with Gasteiger partial charge in [-0.1, -0.05) is 6.07 Å². The Labute approximate surface area is 339 Å². The number of aromatic hydroxyl groups is 1. The number of phenols is 1. The van der Waals surface area contributed by atoms with Crippen molar-refractivity contribution >= 4 is 113 Å². The second-order valence-corrected chi connectivity index (χ2v) is 19.4. The van der Waals surface area contributed by atoms with Gasteiger partial charge in [-0.2, -0.15) is 48.6 Å². The van der Waals surface area contributed by atoms with Crippen LogP contribution in [-0.2, 0) is 54.8 Å². The number of fused-ring (bicyclic) bond motifs is 1. The summed E-state index contributed by atoms with van der Waals surface area (Å²) in [5.74, 6) is -2.17. The minimum absolute atomic E-state index is 0.105. The molecule has 1 heterocycles. The Kier molecular flexibility index (Phi) is 12.5. The summed E-state index contributed by atoms with van der Waals surface area (Å²) >= 11 is 6.17. The van der Waals surface area contributed by atoms with Crippen molar-refractivity contribution in [3.63, 3.8) is 0 Å². The SMILES string of the molecule is CCN(c1cccc(S(=O)(=O)CCOS(=O)(=O)O)c1)c1nc(Cl)nc(Nc2ccc(N=Nc3c(N)c(S(=O)(=O)O)cc4cc(S(=O)(=O)O)cc(O)c34)c(S(=O)(=O)O)c2)n1. The zero-order valence-electron chi connectivity index (χ0n) is 29.3. The van der Waals surface area contributed by atoms with Crippen molar-refractivity contribution in [1.29, 1.82) is 0 Å². The molecule has 8 N–H and O–H groups in total. The number of rotatable bonds is 15. The minimum Gasteiger partial charge on any atom is -0.507 e. The maximum Gasteiger partial charge on any atom is 0.397 e. The monoisotopic (exact) mass is 938 g/mol. The normalized spacial score (nSPS) is 12.9. The van der Waals surface area contributed by atoms with Gasteiger partial charge < -0.3 is 21.1 Å². The molecule has 0 aliphatic heterocycles. The quantitative estimate of drug-likeness (QED) is 0.0447. The van der Waals surface area contributed by atoms with Crippen LogP contribution in [0.5, 0.6) is 5.75 Å². The van der Waals surface area contributed by atoms with E-state index in [1.807, 2.05) is 0 Å². The Morgan fingerprint density at radius 1 is 0.797 bits per heavy atom. The van der Waals surface area contributed by atoms with E-state index < -0.39 is 117 Å². The molecule has 1 aromatic heterocycles. The highest BCUT2D eigenvalue weighted by Crippen LogP contribution is 2.44. The van der Waals surface area contributed by atoms with E-state index in [-0.39, 0.29) is 34.7 Å². The fraction of sp³-hybridized carbons (Fsp3) is 0.138. The van der Waals surface area contributed by atoms with Crippen LogP contribution >= 0.6 is 11.6 Å². The van der Waals surface area contributed by atoms with E-state index in [1.165, 1.54) is 35.2 Å². The highest BCUT2D eigenvalue weighted by atomic mass is 35.5. The van der Waals surface area contributed by atoms with Gasteiger partial charge in [0.25, 0.3) is 30.4 Å². The molecule has 5 aromatic rings. The van der Waals surface area contributed by atoms with E-state index in [2.05, 4.69) is 34.7 Å². The van der Waals surface area contributed by atoms with Crippen molar-refractivity contribution in [3.8, 4) is 5.75 Å². The van der Waals surface area contributed by atoms with Crippen LogP contribution in [0.3, 0.4) is 0 Å². The fourth-order valence-electron chi connectivity index (χ4n) is 5.21. The zero-order chi connectivity index (χ0) is 43.9. The second kappa shape index (κ2) is 16.4. The fourth-order valence-corrected chi connectivity index (χ4v) is 8.73. The average Bonchev–Trinajstić information content (AvgIpc) is 3.10. The highest BCUT2D eigenvalue weighted by molar-refractivity contribution is 7.91. The van der Waals surface area contributed by atoms with E-state index in [0.717, 1.165) is 18.2 Å². The van der Waals surface area contributed by atoms with Gasteiger partial charge in [-0.05, 0) is 72.4 Å². The first kappa shape index (κ1) is 44.9. The van der Waals surface area contributed by atoms with Gasteiger partial charge in [0.15, 0.2) is 9.84 Å². The molecule has 0 bridgehead atoms. The number of nitrogens with two attached hydrogens (primary N) is 1. The smallest absolute Gasteiger partial charge is 0.397 e. The van der Waals surface area contributed by atoms with Gasteiger partial charge in [0.2, 0.25) is 17.2 Å². The van der Waals surface area contributed by atoms with Crippen LogP contribution in [0.2, 0.25) is 5.28 Å². The largest absolute Gasteiger partial charge is 0.507 e. The summed E-state index contributed by atoms with van der Waals surface area (Å²) < 4.78 is 162. The number of nitrogens with zero attached hydrogens (tertiary/aromatic N) is 6. The number of nitrogen functional groups attached to an aromatic ring is 1. The van der Waals surface area contributed by atoms with Crippen molar-refractivity contribution in [2.75, 3.05) is 34.9 Å². The maximum atomic E-state index is 12.8. The van der Waals surface area contributed by atoms with Gasteiger partial charge in [0.05, 0.1) is 33.2 Å². The first-order valence-corrected chi connectivity index (χ1v) is 23.4. The summed E-state index contributed by atoms with van der Waals surface area (Å²) in [5.41, 5.74) is 3.88. The predicted octanol–water partition coefficient (Wildman–Crippen LogP) is 3.62. The zero-order valence-corrected chi connectivity index (χ0v) is 34.1. The lowest BCUT2D eigenvalue weighted by Gasteiger charge is -2.22. The molecule has 59 heavy (non-hydrogen) atoms. The number of hydrogen-bond donors (Lipinski definition) is 7. The second-order valence-electron chi connectivity index (χ2n) is 11.6. The molecule has 0 aliphatic carbocycles. The molecule has 0 saturated carbocycles. The molecular weight excluding hydrogens is 912 g/mol. The molecule has 0 unspecified atom stereocenters. The van der Waals surface area contributed by atoms with Gasteiger partial charge in [-0.3, -0.25) is 18.2 Å². The molecule has 0 amide bonds. The first-order chi connectivity index (χ1) is 27.2. The summed E-state index contributed by atoms with van der Waals surface area (Å²) in [7, 11) is -24.3. The van der Waals surface area contributed by atoms with Crippen LogP contribution in [0, 0.1) is 0 Å². The summed E-state index contributed by atoms with van der Waals surface area (Å²) in [6.07, 6.45) is 0. The van der Waals surface area contributed by atoms with Crippen molar-refractivity contribution in [2.24, 2.45) is 10.2 Å². The Bertz CT molecular complexity index is 3120. The molecule has 316 valence electrons. The number of aromatic nitrogens is 3. The van der Waals surface area contributed by atoms with Crippen LogP contribution in [0.15, 0.2) is 90.5 Å². The van der Waals surface area contributed by atoms with Crippen LogP contribution in [0.1, 0.15) is 6.92 Å². The molecular formula is C29H27ClN8O16S5. The number of anilines is 5. The van der Waals surface area contributed by atoms with E-state index >= 15 is 0 Å². The number of phenolic OH excluding ortho intramolecular Hbond substituents is 1. The number of benzene rings is 4. The molecule has 30 heteroatoms. The van der Waals surface area contributed by atoms with Crippen molar-refractivity contribution < 1.29 is 69.6 Å². The Morgan fingerprint density at radius 2 is 1.47 bits per heavy atom. The Balaban J connectivity index is 1.52. The van der Waals surface area contributed by atoms with E-state index in [1.54, 1.807) is 6.92 Å². The van der Waals surface area contributed by atoms with E-state index in [9.17, 15) is 60.9 Å². The molecule has 5 rings (SSSR count). The number of hydrogen-bond acceptors (Lipinski definition) is 20. The van der Waals surface area contributed by atoms with Gasteiger partial charge >= 0.3 is 10.4 Å². The summed E-state index contributed by atoms with van der Waals surface area (Å²) in [4.78, 5) is 10.6. The van der Waals surface area contributed by atoms with Crippen LogP contribution in [-0.4, -0.2) is 99.3 Å². The minimum atomic E-state index is -5.16. The third kappa shape index (κ3) is 10.7. The van der Waals surface area contributed by atoms with E-state index in [0.29, 0.717) is 12.1 Å². The highest BCUT2D eigenvalue weighted by Gasteiger charge is 2.25. The summed E-state index contributed by atoms with van der Waals surface area (Å²) in [6.45, 7) is 0.882. The van der Waals surface area contributed by atoms with Gasteiger partial charge in [0, 0.05) is 24.0 Å². The summed E-state index contributed by atoms with van der Waals surface area (Å²) in [5, 5.41) is 19.6. The Hall–Kier alpha value is -5.21. The summed E-state index contributed by atoms with van der Waals surface area (Å²) in [6, 6.07) is 10.3. The number of sulfone groups is 1. The molecule has 0 radical (unpaired) electrons. The van der Waals surface area contributed by atoms with Crippen LogP contribution < -0.4 is 16.0 Å². The lowest BCUT2D eigenvalue weighted by atomic mass is 10.1. The third-order valence-electron chi connectivity index (χ3n) is 7.72. The molecule has 0 saturated heterocycles. The van der Waals surface area contributed by atoms with Crippen molar-refractivity contribution in [2.45, 2.75) is 26.5 Å². The maximum absolute atomic E-state index is 12.8. The van der Waals surface area contributed by atoms with Crippen LogP contribution in [0.25, 0.3) is 10.8 Å². The number of nitrogens with one attached hydrogen (secondary N) is 1. The van der Waals surface area contributed by atoms with Gasteiger partial charge in [0.1, 0.15) is 26.9 Å². The molecule has 0 fully saturated rings. The standard InChI is InChI=1S/C29H27ClN8O16S5/c1-2-38(17-4-3-5-18(13-17)55(40,41)9-8-54-59(51,52)53)29-34-27(30)33-28(35-29)32-16-6-7-20(22(12-16)57(45,46)47)36-37-26-24-15(11-23(25(26)31)58(48,49)50)10-19(14-21(24)39)56(42,43)44/h3-7,10-14,39H,2,8-9,31H2,1H3,(H,42,43,44)(H,45,46,47)(H,48,49,50)(H,51,52,53)(H,32,33,34,35). The van der Waals surface area contributed by atoms with E-state index in [4.69, 9.17) is 21.9 Å². The van der Waals surface area contributed by atoms with Gasteiger partial charge in [-0.15, -0.1) is 10.2 Å². The lowest BCUT2D eigenvalue weighted by Crippen LogP contribution is -2.21. The molecule has 4 aromatic carbocycles. The first-order valence-electron chi connectivity index (χ1n) is 15.7. The average molecular weight is 939 g/mol. The number of halogens is 1. The topological polar surface area (TPSA) is 386 Å².